The maximum absolute atomic E-state index is 10.9. The van der Waals surface area contributed by atoms with E-state index in [1.54, 1.807) is 6.07 Å². The monoisotopic (exact) mass is 200 g/mol. The molecule has 0 aliphatic rings. The lowest BCUT2D eigenvalue weighted by atomic mass is 10.1. The first-order valence-corrected chi connectivity index (χ1v) is 5.44. The molecule has 0 fully saturated rings. The van der Waals surface area contributed by atoms with Crippen LogP contribution >= 0.6 is 0 Å². The van der Waals surface area contributed by atoms with Crippen molar-refractivity contribution in [3.63, 3.8) is 0 Å². The van der Waals surface area contributed by atoms with E-state index in [2.05, 4.69) is 4.98 Å². The van der Waals surface area contributed by atoms with Crippen molar-refractivity contribution < 1.29 is 8.42 Å². The standard InChI is InChI=1S/C8H12N2O2S/c1-6(2)8-4-3-7(5-10-8)13(9,11)12/h3-6H,1-2H3,(H2,9,11,12). The Bertz CT molecular complexity index is 381. The Morgan fingerprint density at radius 1 is 1.38 bits per heavy atom. The summed E-state index contributed by atoms with van der Waals surface area (Å²) in [5.74, 6) is 0.287. The Balaban J connectivity index is 3.08. The molecule has 0 saturated heterocycles. The van der Waals surface area contributed by atoms with Gasteiger partial charge in [-0.2, -0.15) is 0 Å². The Hall–Kier alpha value is -0.940. The summed E-state index contributed by atoms with van der Waals surface area (Å²) in [5, 5.41) is 4.92. The quantitative estimate of drug-likeness (QED) is 0.769. The molecule has 0 amide bonds. The van der Waals surface area contributed by atoms with Crippen molar-refractivity contribution >= 4 is 10.0 Å². The summed E-state index contributed by atoms with van der Waals surface area (Å²) in [5.41, 5.74) is 0.854. The van der Waals surface area contributed by atoms with E-state index < -0.39 is 10.0 Å². The van der Waals surface area contributed by atoms with E-state index in [9.17, 15) is 8.42 Å². The SMILES string of the molecule is CC(C)c1ccc(S(N)(=O)=O)cn1. The molecular formula is C8H12N2O2S. The Kier molecular flexibility index (Phi) is 2.68. The summed E-state index contributed by atoms with van der Waals surface area (Å²) >= 11 is 0. The Morgan fingerprint density at radius 3 is 2.31 bits per heavy atom. The van der Waals surface area contributed by atoms with Crippen LogP contribution in [0.1, 0.15) is 25.5 Å². The number of primary sulfonamides is 1. The molecule has 0 radical (unpaired) electrons. The highest BCUT2D eigenvalue weighted by molar-refractivity contribution is 7.89. The maximum Gasteiger partial charge on any atom is 0.239 e. The highest BCUT2D eigenvalue weighted by Crippen LogP contribution is 2.12. The minimum atomic E-state index is -3.61. The van der Waals surface area contributed by atoms with Gasteiger partial charge in [0, 0.05) is 11.9 Å². The van der Waals surface area contributed by atoms with Crippen molar-refractivity contribution in [1.82, 2.24) is 4.98 Å². The molecular weight excluding hydrogens is 188 g/mol. The average Bonchev–Trinajstić information content (AvgIpc) is 2.03. The molecule has 0 aromatic carbocycles. The fourth-order valence-corrected chi connectivity index (χ4v) is 1.36. The summed E-state index contributed by atoms with van der Waals surface area (Å²) in [6.45, 7) is 3.97. The second-order valence-electron chi connectivity index (χ2n) is 3.12. The molecule has 1 aromatic heterocycles. The van der Waals surface area contributed by atoms with Crippen molar-refractivity contribution in [1.29, 1.82) is 0 Å². The van der Waals surface area contributed by atoms with E-state index in [1.165, 1.54) is 12.3 Å². The molecule has 0 bridgehead atoms. The van der Waals surface area contributed by atoms with Crippen molar-refractivity contribution in [2.75, 3.05) is 0 Å². The summed E-state index contributed by atoms with van der Waals surface area (Å²) in [4.78, 5) is 4.04. The Morgan fingerprint density at radius 2 is 2.00 bits per heavy atom. The van der Waals surface area contributed by atoms with Gasteiger partial charge in [0.15, 0.2) is 0 Å². The van der Waals surface area contributed by atoms with Gasteiger partial charge in [-0.15, -0.1) is 0 Å². The van der Waals surface area contributed by atoms with Gasteiger partial charge < -0.3 is 0 Å². The number of pyridine rings is 1. The lowest BCUT2D eigenvalue weighted by Gasteiger charge is -2.03. The molecule has 5 heteroatoms. The van der Waals surface area contributed by atoms with Crippen LogP contribution in [0, 0.1) is 0 Å². The van der Waals surface area contributed by atoms with Gasteiger partial charge in [0.1, 0.15) is 4.90 Å². The van der Waals surface area contributed by atoms with Gasteiger partial charge in [0.05, 0.1) is 0 Å². The van der Waals surface area contributed by atoms with Crippen LogP contribution in [0.3, 0.4) is 0 Å². The van der Waals surface area contributed by atoms with E-state index in [-0.39, 0.29) is 10.8 Å². The van der Waals surface area contributed by atoms with Gasteiger partial charge in [0.25, 0.3) is 0 Å². The molecule has 0 aliphatic heterocycles. The average molecular weight is 200 g/mol. The van der Waals surface area contributed by atoms with Gasteiger partial charge in [-0.25, -0.2) is 13.6 Å². The van der Waals surface area contributed by atoms with E-state index in [0.717, 1.165) is 5.69 Å². The summed E-state index contributed by atoms with van der Waals surface area (Å²) in [6.07, 6.45) is 1.28. The smallest absolute Gasteiger partial charge is 0.239 e. The number of nitrogens with two attached hydrogens (primary N) is 1. The third kappa shape index (κ3) is 2.50. The molecule has 0 atom stereocenters. The summed E-state index contributed by atoms with van der Waals surface area (Å²) < 4.78 is 21.7. The zero-order valence-corrected chi connectivity index (χ0v) is 8.38. The second-order valence-corrected chi connectivity index (χ2v) is 4.68. The number of rotatable bonds is 2. The molecule has 2 N–H and O–H groups in total. The first-order valence-electron chi connectivity index (χ1n) is 3.90. The third-order valence-electron chi connectivity index (χ3n) is 1.68. The topological polar surface area (TPSA) is 73.1 Å². The second kappa shape index (κ2) is 3.43. The third-order valence-corrected chi connectivity index (χ3v) is 2.58. The largest absolute Gasteiger partial charge is 0.260 e. The van der Waals surface area contributed by atoms with Crippen LogP contribution in [0.25, 0.3) is 0 Å². The van der Waals surface area contributed by atoms with Crippen LogP contribution < -0.4 is 5.14 Å². The number of sulfonamides is 1. The Labute approximate surface area is 77.8 Å². The molecule has 0 saturated carbocycles. The molecule has 4 nitrogen and oxygen atoms in total. The maximum atomic E-state index is 10.9. The van der Waals surface area contributed by atoms with Crippen molar-refractivity contribution in [2.45, 2.75) is 24.7 Å². The van der Waals surface area contributed by atoms with E-state index >= 15 is 0 Å². The van der Waals surface area contributed by atoms with Crippen molar-refractivity contribution in [2.24, 2.45) is 5.14 Å². The van der Waals surface area contributed by atoms with Crippen LogP contribution in [0.4, 0.5) is 0 Å². The zero-order chi connectivity index (χ0) is 10.1. The van der Waals surface area contributed by atoms with Crippen molar-refractivity contribution in [3.05, 3.63) is 24.0 Å². The molecule has 13 heavy (non-hydrogen) atoms. The summed E-state index contributed by atoms with van der Waals surface area (Å²) in [7, 11) is -3.61. The van der Waals surface area contributed by atoms with Gasteiger partial charge in [-0.3, -0.25) is 4.98 Å². The van der Waals surface area contributed by atoms with E-state index in [0.29, 0.717) is 0 Å². The lowest BCUT2D eigenvalue weighted by Crippen LogP contribution is -2.12. The molecule has 0 unspecified atom stereocenters. The van der Waals surface area contributed by atoms with E-state index in [4.69, 9.17) is 5.14 Å². The molecule has 1 heterocycles. The van der Waals surface area contributed by atoms with Gasteiger partial charge in [0.2, 0.25) is 10.0 Å². The molecule has 0 aliphatic carbocycles. The fourth-order valence-electron chi connectivity index (χ4n) is 0.902. The fraction of sp³-hybridized carbons (Fsp3) is 0.375. The lowest BCUT2D eigenvalue weighted by molar-refractivity contribution is 0.597. The molecule has 1 aromatic rings. The van der Waals surface area contributed by atoms with Crippen LogP contribution in [-0.2, 0) is 10.0 Å². The zero-order valence-electron chi connectivity index (χ0n) is 7.56. The first kappa shape index (κ1) is 10.1. The highest BCUT2D eigenvalue weighted by atomic mass is 32.2. The number of nitrogens with zero attached hydrogens (tertiary/aromatic N) is 1. The first-order chi connectivity index (χ1) is 5.91. The van der Waals surface area contributed by atoms with Gasteiger partial charge in [-0.1, -0.05) is 13.8 Å². The molecule has 72 valence electrons. The number of hydrogen-bond acceptors (Lipinski definition) is 3. The van der Waals surface area contributed by atoms with Gasteiger partial charge >= 0.3 is 0 Å². The predicted molar refractivity (Wildman–Crippen MR) is 49.7 cm³/mol. The van der Waals surface area contributed by atoms with Crippen LogP contribution in [0.2, 0.25) is 0 Å². The highest BCUT2D eigenvalue weighted by Gasteiger charge is 2.08. The van der Waals surface area contributed by atoms with Crippen LogP contribution in [0.15, 0.2) is 23.2 Å². The van der Waals surface area contributed by atoms with Crippen molar-refractivity contribution in [3.8, 4) is 0 Å². The minimum absolute atomic E-state index is 0.0527. The van der Waals surface area contributed by atoms with Gasteiger partial charge in [-0.05, 0) is 18.1 Å². The van der Waals surface area contributed by atoms with Crippen LogP contribution in [0.5, 0.6) is 0 Å². The predicted octanol–water partition coefficient (Wildman–Crippen LogP) is 0.852. The number of aromatic nitrogens is 1. The molecule has 1 rings (SSSR count). The normalized spacial score (nSPS) is 12.0. The summed E-state index contributed by atoms with van der Waals surface area (Å²) in [6, 6.07) is 3.14. The van der Waals surface area contributed by atoms with Crippen LogP contribution in [-0.4, -0.2) is 13.4 Å². The minimum Gasteiger partial charge on any atom is -0.260 e. The molecule has 0 spiro atoms. The number of hydrogen-bond donors (Lipinski definition) is 1. The van der Waals surface area contributed by atoms with E-state index in [1.807, 2.05) is 13.8 Å².